The minimum absolute atomic E-state index is 0.234. The molecule has 0 fully saturated rings. The van der Waals surface area contributed by atoms with Gasteiger partial charge in [0.05, 0.1) is 11.8 Å². The molecular formula is C15H32N2O4. The molecule has 0 radical (unpaired) electrons. The maximum absolute atomic E-state index is 10.6. The first-order chi connectivity index (χ1) is 9.94. The molecule has 0 aromatic carbocycles. The van der Waals surface area contributed by atoms with Crippen LogP contribution in [0.5, 0.6) is 0 Å². The van der Waals surface area contributed by atoms with Crippen molar-refractivity contribution in [3.05, 3.63) is 0 Å². The van der Waals surface area contributed by atoms with Gasteiger partial charge in [-0.1, -0.05) is 26.7 Å². The monoisotopic (exact) mass is 304 g/mol. The Bertz CT molecular complexity index is 246. The third-order valence-electron chi connectivity index (χ3n) is 3.41. The van der Waals surface area contributed by atoms with Crippen molar-refractivity contribution in [2.24, 2.45) is 23.3 Å². The summed E-state index contributed by atoms with van der Waals surface area (Å²) in [6, 6.07) is 0. The van der Waals surface area contributed by atoms with Crippen molar-refractivity contribution >= 4 is 11.9 Å². The first-order valence-electron chi connectivity index (χ1n) is 7.80. The van der Waals surface area contributed by atoms with Gasteiger partial charge in [-0.15, -0.1) is 0 Å². The fourth-order valence-electron chi connectivity index (χ4n) is 1.87. The number of hydrogen-bond acceptors (Lipinski definition) is 4. The molecule has 0 saturated heterocycles. The molecule has 0 saturated carbocycles. The first-order valence-corrected chi connectivity index (χ1v) is 7.80. The Kier molecular flexibility index (Phi) is 16.1. The van der Waals surface area contributed by atoms with Crippen LogP contribution < -0.4 is 11.5 Å². The third-order valence-corrected chi connectivity index (χ3v) is 3.41. The zero-order valence-electron chi connectivity index (χ0n) is 13.4. The van der Waals surface area contributed by atoms with Crippen molar-refractivity contribution < 1.29 is 19.8 Å². The first kappa shape index (κ1) is 22.1. The molecule has 0 aliphatic rings. The highest BCUT2D eigenvalue weighted by Gasteiger charge is 2.24. The van der Waals surface area contributed by atoms with Gasteiger partial charge in [0.15, 0.2) is 0 Å². The molecule has 0 heterocycles. The van der Waals surface area contributed by atoms with Gasteiger partial charge in [0.25, 0.3) is 0 Å². The Morgan fingerprint density at radius 3 is 1.33 bits per heavy atom. The number of carboxylic acids is 2. The number of carbonyl (C=O) groups is 2. The molecule has 6 N–H and O–H groups in total. The second-order valence-corrected chi connectivity index (χ2v) is 5.11. The van der Waals surface area contributed by atoms with Crippen LogP contribution in [0.4, 0.5) is 0 Å². The molecule has 6 nitrogen and oxygen atoms in total. The predicted molar refractivity (Wildman–Crippen MR) is 84.0 cm³/mol. The number of aliphatic carboxylic acids is 2. The highest BCUT2D eigenvalue weighted by Crippen LogP contribution is 2.18. The van der Waals surface area contributed by atoms with Gasteiger partial charge < -0.3 is 21.7 Å². The van der Waals surface area contributed by atoms with Gasteiger partial charge in [-0.25, -0.2) is 0 Å². The van der Waals surface area contributed by atoms with Crippen molar-refractivity contribution in [3.63, 3.8) is 0 Å². The molecule has 2 atom stereocenters. The largest absolute Gasteiger partial charge is 0.481 e. The molecular weight excluding hydrogens is 272 g/mol. The quantitative estimate of drug-likeness (QED) is 0.433. The summed E-state index contributed by atoms with van der Waals surface area (Å²) in [6.07, 6.45) is 6.00. The molecule has 0 aliphatic heterocycles. The summed E-state index contributed by atoms with van der Waals surface area (Å²) in [5.41, 5.74) is 10.6. The van der Waals surface area contributed by atoms with Crippen LogP contribution in [0.25, 0.3) is 0 Å². The Balaban J connectivity index is 0. The van der Waals surface area contributed by atoms with E-state index < -0.39 is 23.8 Å². The Hall–Kier alpha value is -1.14. The Labute approximate surface area is 127 Å². The maximum atomic E-state index is 10.6. The van der Waals surface area contributed by atoms with Gasteiger partial charge in [0.2, 0.25) is 0 Å². The van der Waals surface area contributed by atoms with E-state index in [1.165, 1.54) is 12.8 Å². The van der Waals surface area contributed by atoms with Crippen LogP contribution >= 0.6 is 0 Å². The Morgan fingerprint density at radius 2 is 1.14 bits per heavy atom. The SMILES string of the molecule is CCC(CC(CC)C(=O)O)C(=O)O.NCCCCCCN. The molecule has 0 amide bonds. The topological polar surface area (TPSA) is 127 Å². The smallest absolute Gasteiger partial charge is 0.306 e. The highest BCUT2D eigenvalue weighted by atomic mass is 16.4. The lowest BCUT2D eigenvalue weighted by Gasteiger charge is -2.14. The summed E-state index contributed by atoms with van der Waals surface area (Å²) in [4.78, 5) is 21.2. The lowest BCUT2D eigenvalue weighted by atomic mass is 9.91. The lowest BCUT2D eigenvalue weighted by molar-refractivity contribution is -0.145. The molecule has 0 aromatic rings. The van der Waals surface area contributed by atoms with Crippen LogP contribution in [0, 0.1) is 11.8 Å². The summed E-state index contributed by atoms with van der Waals surface area (Å²) in [6.45, 7) is 5.16. The summed E-state index contributed by atoms with van der Waals surface area (Å²) in [7, 11) is 0. The summed E-state index contributed by atoms with van der Waals surface area (Å²) in [5, 5.41) is 17.4. The van der Waals surface area contributed by atoms with Crippen LogP contribution in [-0.2, 0) is 9.59 Å². The standard InChI is InChI=1S/C9H16O4.C6H16N2/c1-3-6(8(10)11)5-7(4-2)9(12)13;7-5-3-1-2-4-6-8/h6-7H,3-5H2,1-2H3,(H,10,11)(H,12,13);1-8H2. The Morgan fingerprint density at radius 1 is 0.810 bits per heavy atom. The molecule has 0 aromatic heterocycles. The second-order valence-electron chi connectivity index (χ2n) is 5.11. The number of rotatable bonds is 11. The van der Waals surface area contributed by atoms with Crippen molar-refractivity contribution in [1.82, 2.24) is 0 Å². The minimum atomic E-state index is -0.901. The van der Waals surface area contributed by atoms with Crippen LogP contribution in [-0.4, -0.2) is 35.2 Å². The average Bonchev–Trinajstić information content (AvgIpc) is 2.45. The van der Waals surface area contributed by atoms with E-state index in [9.17, 15) is 9.59 Å². The van der Waals surface area contributed by atoms with E-state index in [0.717, 1.165) is 25.9 Å². The van der Waals surface area contributed by atoms with E-state index >= 15 is 0 Å². The van der Waals surface area contributed by atoms with Gasteiger partial charge in [0, 0.05) is 0 Å². The normalized spacial score (nSPS) is 13.0. The van der Waals surface area contributed by atoms with Crippen molar-refractivity contribution in [2.45, 2.75) is 58.8 Å². The van der Waals surface area contributed by atoms with Crippen LogP contribution in [0.15, 0.2) is 0 Å². The lowest BCUT2D eigenvalue weighted by Crippen LogP contribution is -2.21. The van der Waals surface area contributed by atoms with Gasteiger partial charge in [-0.05, 0) is 45.2 Å². The minimum Gasteiger partial charge on any atom is -0.481 e. The summed E-state index contributed by atoms with van der Waals surface area (Å²) >= 11 is 0. The number of hydrogen-bond donors (Lipinski definition) is 4. The second kappa shape index (κ2) is 15.3. The van der Waals surface area contributed by atoms with E-state index in [1.54, 1.807) is 13.8 Å². The average molecular weight is 304 g/mol. The molecule has 2 unspecified atom stereocenters. The van der Waals surface area contributed by atoms with Gasteiger partial charge in [-0.3, -0.25) is 9.59 Å². The third kappa shape index (κ3) is 13.6. The van der Waals surface area contributed by atoms with Gasteiger partial charge in [0.1, 0.15) is 0 Å². The molecule has 126 valence electrons. The zero-order valence-corrected chi connectivity index (χ0v) is 13.4. The molecule has 6 heteroatoms. The molecule has 0 spiro atoms. The van der Waals surface area contributed by atoms with E-state index in [-0.39, 0.29) is 6.42 Å². The van der Waals surface area contributed by atoms with Crippen LogP contribution in [0.1, 0.15) is 58.8 Å². The predicted octanol–water partition coefficient (Wildman–Crippen LogP) is 2.06. The van der Waals surface area contributed by atoms with Gasteiger partial charge in [-0.2, -0.15) is 0 Å². The molecule has 0 bridgehead atoms. The van der Waals surface area contributed by atoms with Crippen molar-refractivity contribution in [2.75, 3.05) is 13.1 Å². The fraction of sp³-hybridized carbons (Fsp3) is 0.867. The van der Waals surface area contributed by atoms with Crippen molar-refractivity contribution in [1.29, 1.82) is 0 Å². The number of unbranched alkanes of at least 4 members (excludes halogenated alkanes) is 3. The summed E-state index contributed by atoms with van der Waals surface area (Å²) < 4.78 is 0. The van der Waals surface area contributed by atoms with Gasteiger partial charge >= 0.3 is 11.9 Å². The molecule has 21 heavy (non-hydrogen) atoms. The number of carboxylic acid groups (broad SMARTS) is 2. The highest BCUT2D eigenvalue weighted by molar-refractivity contribution is 5.73. The number of nitrogens with two attached hydrogens (primary N) is 2. The maximum Gasteiger partial charge on any atom is 0.306 e. The van der Waals surface area contributed by atoms with Crippen LogP contribution in [0.3, 0.4) is 0 Å². The van der Waals surface area contributed by atoms with E-state index in [0.29, 0.717) is 12.8 Å². The summed E-state index contributed by atoms with van der Waals surface area (Å²) in [5.74, 6) is -2.86. The molecule has 0 aliphatic carbocycles. The van der Waals surface area contributed by atoms with Crippen molar-refractivity contribution in [3.8, 4) is 0 Å². The zero-order chi connectivity index (χ0) is 16.7. The van der Waals surface area contributed by atoms with E-state index in [4.69, 9.17) is 21.7 Å². The van der Waals surface area contributed by atoms with E-state index in [1.807, 2.05) is 0 Å². The van der Waals surface area contributed by atoms with Crippen LogP contribution in [0.2, 0.25) is 0 Å². The fourth-order valence-corrected chi connectivity index (χ4v) is 1.87. The van der Waals surface area contributed by atoms with E-state index in [2.05, 4.69) is 0 Å². The molecule has 0 rings (SSSR count).